The summed E-state index contributed by atoms with van der Waals surface area (Å²) in [4.78, 5) is 35.1. The van der Waals surface area contributed by atoms with Crippen LogP contribution in [0.15, 0.2) is 34.2 Å². The number of H-pyrrole nitrogens is 1. The monoisotopic (exact) mass is 363 g/mol. The zero-order chi connectivity index (χ0) is 18.4. The quantitative estimate of drug-likeness (QED) is 0.615. The summed E-state index contributed by atoms with van der Waals surface area (Å²) in [6.45, 7) is 4.34. The van der Waals surface area contributed by atoms with E-state index in [0.717, 1.165) is 12.8 Å². The average Bonchev–Trinajstić information content (AvgIpc) is 2.93. The van der Waals surface area contributed by atoms with Crippen molar-refractivity contribution in [2.45, 2.75) is 43.6 Å². The van der Waals surface area contributed by atoms with E-state index in [1.165, 1.54) is 11.8 Å². The zero-order valence-corrected chi connectivity index (χ0v) is 14.9. The van der Waals surface area contributed by atoms with Gasteiger partial charge in [-0.25, -0.2) is 9.89 Å². The molecule has 0 aliphatic rings. The Labute approximate surface area is 149 Å². The van der Waals surface area contributed by atoms with Crippen molar-refractivity contribution in [2.24, 2.45) is 5.73 Å². The predicted octanol–water partition coefficient (Wildman–Crippen LogP) is 1.59. The smallest absolute Gasteiger partial charge is 0.343 e. The Morgan fingerprint density at radius 2 is 2.04 bits per heavy atom. The number of carbonyl (C=O) groups excluding carboxylic acids is 2. The molecule has 0 saturated carbocycles. The molecule has 9 heteroatoms. The Hall–Kier alpha value is -2.55. The van der Waals surface area contributed by atoms with Crippen LogP contribution < -0.4 is 16.7 Å². The van der Waals surface area contributed by atoms with Gasteiger partial charge in [-0.05, 0) is 37.6 Å². The van der Waals surface area contributed by atoms with Gasteiger partial charge >= 0.3 is 5.69 Å². The van der Waals surface area contributed by atoms with Crippen LogP contribution in [-0.4, -0.2) is 31.8 Å². The van der Waals surface area contributed by atoms with Crippen molar-refractivity contribution in [2.75, 3.05) is 5.32 Å². The van der Waals surface area contributed by atoms with Crippen molar-refractivity contribution in [3.8, 4) is 0 Å². The van der Waals surface area contributed by atoms with Gasteiger partial charge in [-0.15, -0.1) is 5.10 Å². The topological polar surface area (TPSA) is 123 Å². The number of benzene rings is 1. The number of amides is 2. The lowest BCUT2D eigenvalue weighted by Gasteiger charge is -2.12. The average molecular weight is 363 g/mol. The van der Waals surface area contributed by atoms with Crippen molar-refractivity contribution in [1.29, 1.82) is 0 Å². The molecule has 0 bridgehead atoms. The number of anilines is 1. The van der Waals surface area contributed by atoms with E-state index in [1.54, 1.807) is 35.8 Å². The molecule has 1 unspecified atom stereocenters. The molecular formula is C16H21N5O3S. The molecule has 134 valence electrons. The highest BCUT2D eigenvalue weighted by molar-refractivity contribution is 8.00. The van der Waals surface area contributed by atoms with Gasteiger partial charge in [0, 0.05) is 17.8 Å². The van der Waals surface area contributed by atoms with E-state index in [0.29, 0.717) is 23.0 Å². The van der Waals surface area contributed by atoms with Gasteiger partial charge in [0.15, 0.2) is 5.16 Å². The number of carbonyl (C=O) groups is 2. The third-order valence-electron chi connectivity index (χ3n) is 3.55. The Kier molecular flexibility index (Phi) is 6.40. The molecule has 2 rings (SSSR count). The first-order valence-electron chi connectivity index (χ1n) is 7.95. The lowest BCUT2D eigenvalue weighted by molar-refractivity contribution is -0.115. The summed E-state index contributed by atoms with van der Waals surface area (Å²) in [5, 5.41) is 9.20. The van der Waals surface area contributed by atoms with Gasteiger partial charge in [0.2, 0.25) is 11.8 Å². The number of primary amides is 1. The van der Waals surface area contributed by atoms with Crippen LogP contribution in [0, 0.1) is 0 Å². The SMILES string of the molecule is CCCCn1c(SC(C)C(=O)Nc2ccc(C(N)=O)cc2)n[nH]c1=O. The maximum absolute atomic E-state index is 12.3. The third kappa shape index (κ3) is 4.96. The first kappa shape index (κ1) is 18.8. The van der Waals surface area contributed by atoms with Crippen LogP contribution in [0.25, 0.3) is 0 Å². The van der Waals surface area contributed by atoms with Crippen molar-refractivity contribution in [1.82, 2.24) is 14.8 Å². The van der Waals surface area contributed by atoms with Gasteiger partial charge in [-0.2, -0.15) is 0 Å². The second-order valence-electron chi connectivity index (χ2n) is 5.51. The fourth-order valence-electron chi connectivity index (χ4n) is 2.08. The molecule has 0 aliphatic heterocycles. The maximum atomic E-state index is 12.3. The minimum atomic E-state index is -0.523. The first-order chi connectivity index (χ1) is 11.9. The summed E-state index contributed by atoms with van der Waals surface area (Å²) in [6, 6.07) is 6.32. The number of aromatic nitrogens is 3. The van der Waals surface area contributed by atoms with Crippen molar-refractivity contribution < 1.29 is 9.59 Å². The fourth-order valence-corrected chi connectivity index (χ4v) is 2.96. The molecule has 1 heterocycles. The second-order valence-corrected chi connectivity index (χ2v) is 6.82. The largest absolute Gasteiger partial charge is 0.366 e. The van der Waals surface area contributed by atoms with Gasteiger partial charge in [-0.3, -0.25) is 14.2 Å². The molecule has 0 saturated heterocycles. The lowest BCUT2D eigenvalue weighted by Crippen LogP contribution is -2.24. The minimum Gasteiger partial charge on any atom is -0.366 e. The van der Waals surface area contributed by atoms with Crippen LogP contribution in [0.1, 0.15) is 37.0 Å². The number of hydrogen-bond acceptors (Lipinski definition) is 5. The number of rotatable bonds is 8. The maximum Gasteiger partial charge on any atom is 0.343 e. The molecule has 4 N–H and O–H groups in total. The van der Waals surface area contributed by atoms with Crippen molar-refractivity contribution >= 4 is 29.3 Å². The molecule has 2 amide bonds. The normalized spacial score (nSPS) is 11.9. The van der Waals surface area contributed by atoms with Gasteiger partial charge in [0.25, 0.3) is 0 Å². The van der Waals surface area contributed by atoms with E-state index in [-0.39, 0.29) is 11.6 Å². The molecule has 2 aromatic rings. The Bertz CT molecular complexity index is 797. The number of thioether (sulfide) groups is 1. The van der Waals surface area contributed by atoms with Crippen LogP contribution in [0.5, 0.6) is 0 Å². The Morgan fingerprint density at radius 1 is 1.36 bits per heavy atom. The number of nitrogens with two attached hydrogens (primary N) is 1. The van der Waals surface area contributed by atoms with Gasteiger partial charge in [0.05, 0.1) is 5.25 Å². The van der Waals surface area contributed by atoms with Gasteiger partial charge in [0.1, 0.15) is 0 Å². The third-order valence-corrected chi connectivity index (χ3v) is 4.64. The van der Waals surface area contributed by atoms with Crippen LogP contribution in [0.2, 0.25) is 0 Å². The molecule has 0 radical (unpaired) electrons. The molecular weight excluding hydrogens is 342 g/mol. The fraction of sp³-hybridized carbons (Fsp3) is 0.375. The zero-order valence-electron chi connectivity index (χ0n) is 14.1. The summed E-state index contributed by atoms with van der Waals surface area (Å²) in [5.41, 5.74) is 5.85. The molecule has 0 aliphatic carbocycles. The molecule has 0 spiro atoms. The van der Waals surface area contributed by atoms with Gasteiger partial charge in [-0.1, -0.05) is 25.1 Å². The van der Waals surface area contributed by atoms with E-state index in [1.807, 2.05) is 6.92 Å². The summed E-state index contributed by atoms with van der Waals surface area (Å²) in [7, 11) is 0. The summed E-state index contributed by atoms with van der Waals surface area (Å²) in [6.07, 6.45) is 1.82. The molecule has 1 aromatic heterocycles. The molecule has 1 atom stereocenters. The number of nitrogens with zero attached hydrogens (tertiary/aromatic N) is 2. The first-order valence-corrected chi connectivity index (χ1v) is 8.83. The summed E-state index contributed by atoms with van der Waals surface area (Å²) < 4.78 is 1.54. The van der Waals surface area contributed by atoms with Crippen LogP contribution in [0.4, 0.5) is 5.69 Å². The minimum absolute atomic E-state index is 0.227. The highest BCUT2D eigenvalue weighted by Gasteiger charge is 2.19. The molecule has 0 fully saturated rings. The molecule has 1 aromatic carbocycles. The Balaban J connectivity index is 2.01. The van der Waals surface area contributed by atoms with E-state index in [4.69, 9.17) is 5.73 Å². The highest BCUT2D eigenvalue weighted by Crippen LogP contribution is 2.21. The van der Waals surface area contributed by atoms with E-state index >= 15 is 0 Å². The highest BCUT2D eigenvalue weighted by atomic mass is 32.2. The Morgan fingerprint density at radius 3 is 2.64 bits per heavy atom. The van der Waals surface area contributed by atoms with E-state index < -0.39 is 11.2 Å². The second kappa shape index (κ2) is 8.52. The van der Waals surface area contributed by atoms with Crippen molar-refractivity contribution in [3.05, 3.63) is 40.3 Å². The predicted molar refractivity (Wildman–Crippen MR) is 96.7 cm³/mol. The number of aromatic amines is 1. The van der Waals surface area contributed by atoms with Crippen molar-refractivity contribution in [3.63, 3.8) is 0 Å². The van der Waals surface area contributed by atoms with Crippen LogP contribution >= 0.6 is 11.8 Å². The lowest BCUT2D eigenvalue weighted by atomic mass is 10.2. The van der Waals surface area contributed by atoms with Crippen LogP contribution in [-0.2, 0) is 11.3 Å². The summed E-state index contributed by atoms with van der Waals surface area (Å²) in [5.74, 6) is -0.750. The van der Waals surface area contributed by atoms with E-state index in [9.17, 15) is 14.4 Å². The standard InChI is InChI=1S/C16H21N5O3S/c1-3-4-9-21-15(24)19-20-16(21)25-10(2)14(23)18-12-7-5-11(6-8-12)13(17)22/h5-8,10H,3-4,9H2,1-2H3,(H2,17,22)(H,18,23)(H,19,24). The van der Waals surface area contributed by atoms with E-state index in [2.05, 4.69) is 15.5 Å². The molecule has 25 heavy (non-hydrogen) atoms. The number of hydrogen-bond donors (Lipinski definition) is 3. The summed E-state index contributed by atoms with van der Waals surface area (Å²) >= 11 is 1.21. The number of nitrogens with one attached hydrogen (secondary N) is 2. The number of unbranched alkanes of at least 4 members (excludes halogenated alkanes) is 1. The van der Waals surface area contributed by atoms with Crippen LogP contribution in [0.3, 0.4) is 0 Å². The molecule has 8 nitrogen and oxygen atoms in total. The van der Waals surface area contributed by atoms with Gasteiger partial charge < -0.3 is 11.1 Å².